The zero-order chi connectivity index (χ0) is 16.2. The van der Waals surface area contributed by atoms with Crippen molar-refractivity contribution in [2.75, 3.05) is 0 Å². The molecule has 0 bridgehead atoms. The highest BCUT2D eigenvalue weighted by atomic mass is 16.4. The van der Waals surface area contributed by atoms with Gasteiger partial charge in [0.05, 0.1) is 5.92 Å². The van der Waals surface area contributed by atoms with E-state index in [9.17, 15) is 14.7 Å². The first kappa shape index (κ1) is 17.8. The molecule has 1 aliphatic rings. The van der Waals surface area contributed by atoms with E-state index in [0.29, 0.717) is 6.42 Å². The molecule has 5 heteroatoms. The van der Waals surface area contributed by atoms with Crippen molar-refractivity contribution in [1.82, 2.24) is 10.6 Å². The van der Waals surface area contributed by atoms with Gasteiger partial charge in [-0.05, 0) is 37.0 Å². The van der Waals surface area contributed by atoms with Crippen LogP contribution in [-0.4, -0.2) is 29.2 Å². The van der Waals surface area contributed by atoms with Crippen LogP contribution < -0.4 is 10.6 Å². The highest BCUT2D eigenvalue weighted by molar-refractivity contribution is 5.75. The number of hydrogen-bond donors (Lipinski definition) is 3. The summed E-state index contributed by atoms with van der Waals surface area (Å²) in [5.74, 6) is -0.945. The largest absolute Gasteiger partial charge is 0.481 e. The van der Waals surface area contributed by atoms with Crippen LogP contribution in [0.3, 0.4) is 0 Å². The maximum atomic E-state index is 12.1. The fraction of sp³-hybridized carbons (Fsp3) is 0.875. The van der Waals surface area contributed by atoms with Gasteiger partial charge in [-0.1, -0.05) is 34.6 Å². The number of aliphatic carboxylic acids is 1. The fourth-order valence-corrected chi connectivity index (χ4v) is 3.33. The van der Waals surface area contributed by atoms with E-state index in [2.05, 4.69) is 24.5 Å². The van der Waals surface area contributed by atoms with Crippen LogP contribution in [0.2, 0.25) is 0 Å². The van der Waals surface area contributed by atoms with Gasteiger partial charge in [0, 0.05) is 12.1 Å². The van der Waals surface area contributed by atoms with Crippen molar-refractivity contribution < 1.29 is 14.7 Å². The number of rotatable bonds is 5. The molecular weight excluding hydrogens is 268 g/mol. The third kappa shape index (κ3) is 4.11. The van der Waals surface area contributed by atoms with E-state index in [0.717, 1.165) is 19.3 Å². The van der Waals surface area contributed by atoms with E-state index in [-0.39, 0.29) is 35.4 Å². The molecule has 5 nitrogen and oxygen atoms in total. The minimum Gasteiger partial charge on any atom is -0.481 e. The Morgan fingerprint density at radius 1 is 1.24 bits per heavy atom. The van der Waals surface area contributed by atoms with Crippen LogP contribution in [0.25, 0.3) is 0 Å². The molecule has 1 saturated carbocycles. The van der Waals surface area contributed by atoms with Crippen molar-refractivity contribution in [3.63, 3.8) is 0 Å². The Hall–Kier alpha value is -1.26. The van der Waals surface area contributed by atoms with E-state index < -0.39 is 5.97 Å². The zero-order valence-electron chi connectivity index (χ0n) is 13.9. The van der Waals surface area contributed by atoms with Crippen molar-refractivity contribution in [3.05, 3.63) is 0 Å². The number of amides is 2. The van der Waals surface area contributed by atoms with Crippen LogP contribution in [0.1, 0.15) is 60.3 Å². The molecule has 0 heterocycles. The van der Waals surface area contributed by atoms with E-state index in [4.69, 9.17) is 0 Å². The van der Waals surface area contributed by atoms with Gasteiger partial charge in [-0.25, -0.2) is 4.79 Å². The molecule has 0 aromatic carbocycles. The molecule has 0 spiro atoms. The highest BCUT2D eigenvalue weighted by Crippen LogP contribution is 2.45. The van der Waals surface area contributed by atoms with Crippen LogP contribution >= 0.6 is 0 Å². The van der Waals surface area contributed by atoms with Crippen molar-refractivity contribution in [1.29, 1.82) is 0 Å². The Kier molecular flexibility index (Phi) is 6.05. The molecule has 1 fully saturated rings. The summed E-state index contributed by atoms with van der Waals surface area (Å²) in [6.07, 6.45) is 3.16. The molecular formula is C16H30N2O3. The molecule has 3 unspecified atom stereocenters. The van der Waals surface area contributed by atoms with Crippen LogP contribution in [-0.2, 0) is 4.79 Å². The standard InChI is InChI=1S/C16H30N2O3/c1-6-11(7-2)17-15(21)18-13-9-8-12(14(19)20)16(4,5)10(13)3/h10-13H,6-9H2,1-5H3,(H,19,20)(H2,17,18,21). The number of nitrogens with one attached hydrogen (secondary N) is 2. The molecule has 0 radical (unpaired) electrons. The second-order valence-corrected chi connectivity index (χ2v) is 6.82. The van der Waals surface area contributed by atoms with Crippen LogP contribution in [0.15, 0.2) is 0 Å². The molecule has 0 aliphatic heterocycles. The lowest BCUT2D eigenvalue weighted by molar-refractivity contribution is -0.150. The van der Waals surface area contributed by atoms with E-state index in [1.807, 2.05) is 20.8 Å². The van der Waals surface area contributed by atoms with Gasteiger partial charge in [0.15, 0.2) is 0 Å². The first-order chi connectivity index (χ1) is 9.73. The zero-order valence-corrected chi connectivity index (χ0v) is 13.9. The molecule has 0 saturated heterocycles. The minimum atomic E-state index is -0.730. The molecule has 0 aromatic rings. The Balaban J connectivity index is 2.66. The molecule has 3 N–H and O–H groups in total. The van der Waals surface area contributed by atoms with Gasteiger partial charge in [-0.3, -0.25) is 4.79 Å². The summed E-state index contributed by atoms with van der Waals surface area (Å²) in [5, 5.41) is 15.4. The van der Waals surface area contributed by atoms with E-state index in [1.165, 1.54) is 0 Å². The third-order valence-corrected chi connectivity index (χ3v) is 5.38. The van der Waals surface area contributed by atoms with Crippen LogP contribution in [0.4, 0.5) is 4.79 Å². The second kappa shape index (κ2) is 7.14. The summed E-state index contributed by atoms with van der Waals surface area (Å²) in [6, 6.07) is 0.0961. The van der Waals surface area contributed by atoms with Gasteiger partial charge in [-0.15, -0.1) is 0 Å². The van der Waals surface area contributed by atoms with E-state index >= 15 is 0 Å². The summed E-state index contributed by atoms with van der Waals surface area (Å²) in [4.78, 5) is 23.4. The predicted octanol–water partition coefficient (Wildman–Crippen LogP) is 3.00. The fourth-order valence-electron chi connectivity index (χ4n) is 3.33. The summed E-state index contributed by atoms with van der Waals surface area (Å²) in [7, 11) is 0. The van der Waals surface area contributed by atoms with Crippen molar-refractivity contribution in [2.45, 2.75) is 72.4 Å². The Morgan fingerprint density at radius 3 is 2.29 bits per heavy atom. The summed E-state index contributed by atoms with van der Waals surface area (Å²) in [5.41, 5.74) is -0.322. The first-order valence-corrected chi connectivity index (χ1v) is 8.03. The molecule has 1 rings (SSSR count). The van der Waals surface area contributed by atoms with E-state index in [1.54, 1.807) is 0 Å². The third-order valence-electron chi connectivity index (χ3n) is 5.38. The SMILES string of the molecule is CCC(CC)NC(=O)NC1CCC(C(=O)O)C(C)(C)C1C. The molecule has 0 aromatic heterocycles. The first-order valence-electron chi connectivity index (χ1n) is 8.03. The molecule has 122 valence electrons. The lowest BCUT2D eigenvalue weighted by atomic mass is 9.61. The summed E-state index contributed by atoms with van der Waals surface area (Å²) >= 11 is 0. The van der Waals surface area contributed by atoms with Crippen molar-refractivity contribution in [3.8, 4) is 0 Å². The van der Waals surface area contributed by atoms with Gasteiger partial charge in [-0.2, -0.15) is 0 Å². The number of carboxylic acids is 1. The Labute approximate surface area is 127 Å². The highest BCUT2D eigenvalue weighted by Gasteiger charge is 2.46. The van der Waals surface area contributed by atoms with Gasteiger partial charge >= 0.3 is 12.0 Å². The molecule has 1 aliphatic carbocycles. The predicted molar refractivity (Wildman–Crippen MR) is 83.1 cm³/mol. The number of urea groups is 1. The second-order valence-electron chi connectivity index (χ2n) is 6.82. The topological polar surface area (TPSA) is 78.4 Å². The number of carbonyl (C=O) groups is 2. The van der Waals surface area contributed by atoms with Crippen LogP contribution in [0, 0.1) is 17.3 Å². The Morgan fingerprint density at radius 2 is 1.81 bits per heavy atom. The van der Waals surface area contributed by atoms with Gasteiger partial charge in [0.1, 0.15) is 0 Å². The smallest absolute Gasteiger partial charge is 0.315 e. The Bertz CT molecular complexity index is 378. The lowest BCUT2D eigenvalue weighted by Gasteiger charge is -2.46. The summed E-state index contributed by atoms with van der Waals surface area (Å²) < 4.78 is 0. The molecule has 2 amide bonds. The van der Waals surface area contributed by atoms with Gasteiger partial charge in [0.25, 0.3) is 0 Å². The average Bonchev–Trinajstić information content (AvgIpc) is 2.40. The molecule has 21 heavy (non-hydrogen) atoms. The normalized spacial score (nSPS) is 28.2. The van der Waals surface area contributed by atoms with Crippen LogP contribution in [0.5, 0.6) is 0 Å². The van der Waals surface area contributed by atoms with Crippen molar-refractivity contribution >= 4 is 12.0 Å². The van der Waals surface area contributed by atoms with Gasteiger partial charge < -0.3 is 15.7 Å². The molecule has 3 atom stereocenters. The number of hydrogen-bond acceptors (Lipinski definition) is 2. The maximum absolute atomic E-state index is 12.1. The average molecular weight is 298 g/mol. The summed E-state index contributed by atoms with van der Waals surface area (Å²) in [6.45, 7) is 10.1. The van der Waals surface area contributed by atoms with Crippen molar-refractivity contribution in [2.24, 2.45) is 17.3 Å². The van der Waals surface area contributed by atoms with Gasteiger partial charge in [0.2, 0.25) is 0 Å². The quantitative estimate of drug-likeness (QED) is 0.730. The lowest BCUT2D eigenvalue weighted by Crippen LogP contribution is -2.55. The number of carbonyl (C=O) groups excluding carboxylic acids is 1. The maximum Gasteiger partial charge on any atom is 0.315 e. The number of carboxylic acid groups (broad SMARTS) is 1. The minimum absolute atomic E-state index is 0.0324. The monoisotopic (exact) mass is 298 g/mol.